The van der Waals surface area contributed by atoms with E-state index in [4.69, 9.17) is 11.6 Å². The molecular weight excluding hydrogens is 388 g/mol. The lowest BCUT2D eigenvalue weighted by Crippen LogP contribution is -2.14. The van der Waals surface area contributed by atoms with E-state index in [2.05, 4.69) is 92.1 Å². The molecule has 1 saturated carbocycles. The van der Waals surface area contributed by atoms with Gasteiger partial charge in [0.05, 0.1) is 0 Å². The van der Waals surface area contributed by atoms with Crippen LogP contribution in [-0.4, -0.2) is 12.1 Å². The zero-order valence-electron chi connectivity index (χ0n) is 18.1. The van der Waals surface area contributed by atoms with E-state index in [9.17, 15) is 0 Å². The van der Waals surface area contributed by atoms with Gasteiger partial charge < -0.3 is 10.6 Å². The molecule has 0 spiro atoms. The summed E-state index contributed by atoms with van der Waals surface area (Å²) in [5, 5.41) is 7.88. The minimum atomic E-state index is 0.422. The van der Waals surface area contributed by atoms with Gasteiger partial charge in [0.2, 0.25) is 0 Å². The minimum absolute atomic E-state index is 0.422. The molecule has 3 aromatic rings. The number of rotatable bonds is 6. The molecule has 0 bridgehead atoms. The SMILES string of the molecule is Cc1cc(-c2ccc(NC3CCCC3)cc2)c(Cl)cc1-c1ccc(NC(C)C)cc1. The zero-order chi connectivity index (χ0) is 21.1. The topological polar surface area (TPSA) is 24.1 Å². The van der Waals surface area contributed by atoms with Crippen molar-refractivity contribution in [3.05, 3.63) is 71.2 Å². The normalized spacial score (nSPS) is 14.3. The molecule has 3 aromatic carbocycles. The average molecular weight is 419 g/mol. The van der Waals surface area contributed by atoms with Crippen LogP contribution in [0.1, 0.15) is 45.1 Å². The van der Waals surface area contributed by atoms with Crippen molar-refractivity contribution in [3.63, 3.8) is 0 Å². The van der Waals surface area contributed by atoms with Gasteiger partial charge in [0, 0.05) is 34.0 Å². The van der Waals surface area contributed by atoms with Crippen LogP contribution in [0.4, 0.5) is 11.4 Å². The molecule has 2 N–H and O–H groups in total. The van der Waals surface area contributed by atoms with Crippen LogP contribution < -0.4 is 10.6 Å². The van der Waals surface area contributed by atoms with E-state index in [-0.39, 0.29) is 0 Å². The zero-order valence-corrected chi connectivity index (χ0v) is 18.9. The summed E-state index contributed by atoms with van der Waals surface area (Å²) < 4.78 is 0. The van der Waals surface area contributed by atoms with Crippen LogP contribution in [0, 0.1) is 6.92 Å². The quantitative estimate of drug-likeness (QED) is 0.421. The Morgan fingerprint density at radius 2 is 1.37 bits per heavy atom. The predicted molar refractivity (Wildman–Crippen MR) is 132 cm³/mol. The van der Waals surface area contributed by atoms with E-state index in [1.54, 1.807) is 0 Å². The Labute approximate surface area is 185 Å². The van der Waals surface area contributed by atoms with Crippen LogP contribution in [-0.2, 0) is 0 Å². The maximum atomic E-state index is 6.74. The summed E-state index contributed by atoms with van der Waals surface area (Å²) in [7, 11) is 0. The summed E-state index contributed by atoms with van der Waals surface area (Å²) in [5.74, 6) is 0. The molecule has 2 nitrogen and oxygen atoms in total. The molecule has 30 heavy (non-hydrogen) atoms. The van der Waals surface area contributed by atoms with Gasteiger partial charge in [0.1, 0.15) is 0 Å². The first kappa shape index (κ1) is 20.8. The van der Waals surface area contributed by atoms with Crippen molar-refractivity contribution in [2.45, 2.75) is 58.5 Å². The minimum Gasteiger partial charge on any atom is -0.383 e. The lowest BCUT2D eigenvalue weighted by atomic mass is 9.95. The van der Waals surface area contributed by atoms with E-state index in [0.29, 0.717) is 12.1 Å². The average Bonchev–Trinajstić information content (AvgIpc) is 3.23. The van der Waals surface area contributed by atoms with E-state index >= 15 is 0 Å². The highest BCUT2D eigenvalue weighted by Crippen LogP contribution is 2.36. The van der Waals surface area contributed by atoms with Gasteiger partial charge in [0.25, 0.3) is 0 Å². The molecule has 3 heteroatoms. The summed E-state index contributed by atoms with van der Waals surface area (Å²) >= 11 is 6.74. The number of benzene rings is 3. The molecule has 156 valence electrons. The van der Waals surface area contributed by atoms with Crippen LogP contribution >= 0.6 is 11.6 Å². The second-order valence-corrected chi connectivity index (χ2v) is 9.13. The monoisotopic (exact) mass is 418 g/mol. The Bertz CT molecular complexity index is 985. The fourth-order valence-corrected chi connectivity index (χ4v) is 4.62. The fourth-order valence-electron chi connectivity index (χ4n) is 4.34. The summed E-state index contributed by atoms with van der Waals surface area (Å²) in [6.07, 6.45) is 5.24. The Morgan fingerprint density at radius 1 is 0.800 bits per heavy atom. The number of hydrogen-bond donors (Lipinski definition) is 2. The number of hydrogen-bond acceptors (Lipinski definition) is 2. The van der Waals surface area contributed by atoms with Gasteiger partial charge in [-0.05, 0) is 92.3 Å². The summed E-state index contributed by atoms with van der Waals surface area (Å²) in [6.45, 7) is 6.45. The Kier molecular flexibility index (Phi) is 6.34. The second-order valence-electron chi connectivity index (χ2n) is 8.73. The van der Waals surface area contributed by atoms with Crippen molar-refractivity contribution in [2.24, 2.45) is 0 Å². The van der Waals surface area contributed by atoms with Crippen molar-refractivity contribution in [3.8, 4) is 22.3 Å². The van der Waals surface area contributed by atoms with Crippen LogP contribution in [0.15, 0.2) is 60.7 Å². The van der Waals surface area contributed by atoms with E-state index in [1.807, 2.05) is 0 Å². The van der Waals surface area contributed by atoms with Gasteiger partial charge in [-0.25, -0.2) is 0 Å². The lowest BCUT2D eigenvalue weighted by Gasteiger charge is -2.15. The summed E-state index contributed by atoms with van der Waals surface area (Å²) in [4.78, 5) is 0. The fraction of sp³-hybridized carbons (Fsp3) is 0.333. The molecule has 0 heterocycles. The largest absolute Gasteiger partial charge is 0.383 e. The molecule has 4 rings (SSSR count). The molecule has 0 amide bonds. The molecule has 0 radical (unpaired) electrons. The highest BCUT2D eigenvalue weighted by Gasteiger charge is 2.15. The van der Waals surface area contributed by atoms with Crippen molar-refractivity contribution >= 4 is 23.0 Å². The van der Waals surface area contributed by atoms with Gasteiger partial charge in [0.15, 0.2) is 0 Å². The van der Waals surface area contributed by atoms with Crippen LogP contribution in [0.2, 0.25) is 5.02 Å². The summed E-state index contributed by atoms with van der Waals surface area (Å²) in [5.41, 5.74) is 8.18. The number of anilines is 2. The maximum absolute atomic E-state index is 6.74. The van der Waals surface area contributed by atoms with Crippen molar-refractivity contribution in [2.75, 3.05) is 10.6 Å². The smallest absolute Gasteiger partial charge is 0.0490 e. The number of nitrogens with one attached hydrogen (secondary N) is 2. The third-order valence-corrected chi connectivity index (χ3v) is 6.20. The molecular formula is C27H31ClN2. The maximum Gasteiger partial charge on any atom is 0.0490 e. The third-order valence-electron chi connectivity index (χ3n) is 5.89. The van der Waals surface area contributed by atoms with Crippen molar-refractivity contribution < 1.29 is 0 Å². The predicted octanol–water partition coefficient (Wildman–Crippen LogP) is 8.16. The molecule has 1 aliphatic carbocycles. The Morgan fingerprint density at radius 3 is 1.97 bits per heavy atom. The van der Waals surface area contributed by atoms with E-state index in [1.165, 1.54) is 48.1 Å². The molecule has 1 aliphatic rings. The summed E-state index contributed by atoms with van der Waals surface area (Å²) in [6, 6.07) is 22.6. The van der Waals surface area contributed by atoms with Crippen molar-refractivity contribution in [1.82, 2.24) is 0 Å². The van der Waals surface area contributed by atoms with E-state index in [0.717, 1.165) is 21.8 Å². The van der Waals surface area contributed by atoms with Gasteiger partial charge in [-0.2, -0.15) is 0 Å². The molecule has 1 fully saturated rings. The van der Waals surface area contributed by atoms with Gasteiger partial charge in [-0.15, -0.1) is 0 Å². The number of halogens is 1. The highest BCUT2D eigenvalue weighted by molar-refractivity contribution is 6.33. The molecule has 0 saturated heterocycles. The Balaban J connectivity index is 1.55. The van der Waals surface area contributed by atoms with Crippen LogP contribution in [0.3, 0.4) is 0 Å². The first-order valence-corrected chi connectivity index (χ1v) is 11.4. The molecule has 0 unspecified atom stereocenters. The van der Waals surface area contributed by atoms with Crippen LogP contribution in [0.25, 0.3) is 22.3 Å². The van der Waals surface area contributed by atoms with Crippen molar-refractivity contribution in [1.29, 1.82) is 0 Å². The number of aryl methyl sites for hydroxylation is 1. The van der Waals surface area contributed by atoms with Gasteiger partial charge in [-0.3, -0.25) is 0 Å². The van der Waals surface area contributed by atoms with Crippen LogP contribution in [0.5, 0.6) is 0 Å². The highest BCUT2D eigenvalue weighted by atomic mass is 35.5. The van der Waals surface area contributed by atoms with Gasteiger partial charge in [-0.1, -0.05) is 48.7 Å². The molecule has 0 atom stereocenters. The molecule has 0 aromatic heterocycles. The van der Waals surface area contributed by atoms with Gasteiger partial charge >= 0.3 is 0 Å². The standard InChI is InChI=1S/C27H31ClN2/c1-18(2)29-23-12-8-20(9-13-23)25-17-27(28)26(16-19(25)3)21-10-14-24(15-11-21)30-22-6-4-5-7-22/h8-18,22,29-30H,4-7H2,1-3H3. The first-order chi connectivity index (χ1) is 14.5. The Hall–Kier alpha value is -2.45. The first-order valence-electron chi connectivity index (χ1n) is 11.0. The van der Waals surface area contributed by atoms with E-state index < -0.39 is 0 Å². The second kappa shape index (κ2) is 9.14. The third kappa shape index (κ3) is 4.82. The molecule has 0 aliphatic heterocycles. The lowest BCUT2D eigenvalue weighted by molar-refractivity contribution is 0.755.